The maximum absolute atomic E-state index is 4.25. The Hall–Kier alpha value is -1.42. The van der Waals surface area contributed by atoms with Gasteiger partial charge in [0.25, 0.3) is 0 Å². The van der Waals surface area contributed by atoms with Gasteiger partial charge in [0, 0.05) is 12.6 Å². The fraction of sp³-hybridized carbons (Fsp3) is 0.571. The first kappa shape index (κ1) is 13.0. The summed E-state index contributed by atoms with van der Waals surface area (Å²) in [5, 5.41) is 12.0. The van der Waals surface area contributed by atoms with Crippen LogP contribution >= 0.6 is 0 Å². The second-order valence-corrected chi connectivity index (χ2v) is 4.97. The van der Waals surface area contributed by atoms with E-state index in [1.165, 1.54) is 12.8 Å². The zero-order chi connectivity index (χ0) is 13.0. The van der Waals surface area contributed by atoms with Gasteiger partial charge in [0.05, 0.1) is 11.6 Å². The van der Waals surface area contributed by atoms with Crippen molar-refractivity contribution in [1.29, 1.82) is 0 Å². The van der Waals surface area contributed by atoms with E-state index in [1.54, 1.807) is 0 Å². The Morgan fingerprint density at radius 2 is 2.06 bits per heavy atom. The molecular weight excluding hydrogens is 224 g/mol. The van der Waals surface area contributed by atoms with Crippen molar-refractivity contribution in [3.8, 4) is 0 Å². The summed E-state index contributed by atoms with van der Waals surface area (Å²) < 4.78 is 2.00. The third-order valence-electron chi connectivity index (χ3n) is 3.28. The van der Waals surface area contributed by atoms with E-state index in [1.807, 2.05) is 22.9 Å². The highest BCUT2D eigenvalue weighted by atomic mass is 15.4. The second-order valence-electron chi connectivity index (χ2n) is 4.97. The molecule has 0 spiro atoms. The molecule has 0 aliphatic heterocycles. The van der Waals surface area contributed by atoms with Crippen LogP contribution in [-0.2, 0) is 0 Å². The lowest BCUT2D eigenvalue weighted by molar-refractivity contribution is 0.413. The minimum Gasteiger partial charge on any atom is -0.312 e. The average Bonchev–Trinajstić information content (AvgIpc) is 2.80. The normalized spacial score (nSPS) is 14.8. The van der Waals surface area contributed by atoms with Crippen LogP contribution in [0.5, 0.6) is 0 Å². The Kier molecular flexibility index (Phi) is 4.31. The van der Waals surface area contributed by atoms with Crippen molar-refractivity contribution < 1.29 is 0 Å². The van der Waals surface area contributed by atoms with Crippen LogP contribution in [0.25, 0.3) is 11.0 Å². The number of benzene rings is 1. The molecule has 0 amide bonds. The molecule has 0 saturated carbocycles. The standard InChI is InChI=1S/C14H22N4/c1-4-7-11(2)15-10-12(3)18-14-9-6-5-8-13(14)16-17-18/h5-6,8-9,11-12,15H,4,7,10H2,1-3H3. The second kappa shape index (κ2) is 5.96. The van der Waals surface area contributed by atoms with Gasteiger partial charge >= 0.3 is 0 Å². The molecule has 18 heavy (non-hydrogen) atoms. The van der Waals surface area contributed by atoms with Crippen LogP contribution in [0.4, 0.5) is 0 Å². The first-order valence-corrected chi connectivity index (χ1v) is 6.75. The summed E-state index contributed by atoms with van der Waals surface area (Å²) in [7, 11) is 0. The Bertz CT molecular complexity index is 491. The Morgan fingerprint density at radius 3 is 2.83 bits per heavy atom. The number of fused-ring (bicyclic) bond motifs is 1. The van der Waals surface area contributed by atoms with Crippen LogP contribution in [0.2, 0.25) is 0 Å². The lowest BCUT2D eigenvalue weighted by Crippen LogP contribution is -2.31. The molecule has 2 unspecified atom stereocenters. The zero-order valence-corrected chi connectivity index (χ0v) is 11.4. The number of nitrogens with one attached hydrogen (secondary N) is 1. The van der Waals surface area contributed by atoms with E-state index in [0.717, 1.165) is 17.6 Å². The van der Waals surface area contributed by atoms with Crippen LogP contribution in [-0.4, -0.2) is 27.6 Å². The molecule has 2 rings (SSSR count). The summed E-state index contributed by atoms with van der Waals surface area (Å²) in [4.78, 5) is 0. The Morgan fingerprint density at radius 1 is 1.28 bits per heavy atom. The zero-order valence-electron chi connectivity index (χ0n) is 11.4. The van der Waals surface area contributed by atoms with E-state index >= 15 is 0 Å². The molecule has 1 aromatic carbocycles. The van der Waals surface area contributed by atoms with Gasteiger partial charge in [-0.15, -0.1) is 5.10 Å². The molecule has 0 bridgehead atoms. The summed E-state index contributed by atoms with van der Waals surface area (Å²) in [5.74, 6) is 0. The number of nitrogens with zero attached hydrogens (tertiary/aromatic N) is 3. The predicted molar refractivity (Wildman–Crippen MR) is 74.6 cm³/mol. The van der Waals surface area contributed by atoms with Gasteiger partial charge in [0.1, 0.15) is 5.52 Å². The predicted octanol–water partition coefficient (Wildman–Crippen LogP) is 2.77. The van der Waals surface area contributed by atoms with Crippen LogP contribution in [0, 0.1) is 0 Å². The molecule has 0 aliphatic carbocycles. The lowest BCUT2D eigenvalue weighted by Gasteiger charge is -2.17. The van der Waals surface area contributed by atoms with Crippen molar-refractivity contribution in [1.82, 2.24) is 20.3 Å². The third kappa shape index (κ3) is 2.88. The van der Waals surface area contributed by atoms with Gasteiger partial charge in [0.15, 0.2) is 0 Å². The summed E-state index contributed by atoms with van der Waals surface area (Å²) in [6, 6.07) is 8.97. The lowest BCUT2D eigenvalue weighted by atomic mass is 10.2. The summed E-state index contributed by atoms with van der Waals surface area (Å²) >= 11 is 0. The fourth-order valence-corrected chi connectivity index (χ4v) is 2.21. The minimum absolute atomic E-state index is 0.316. The van der Waals surface area contributed by atoms with Crippen molar-refractivity contribution in [3.63, 3.8) is 0 Å². The molecule has 98 valence electrons. The van der Waals surface area contributed by atoms with Crippen molar-refractivity contribution in [3.05, 3.63) is 24.3 Å². The smallest absolute Gasteiger partial charge is 0.113 e. The van der Waals surface area contributed by atoms with Crippen LogP contribution < -0.4 is 5.32 Å². The van der Waals surface area contributed by atoms with Gasteiger partial charge in [0.2, 0.25) is 0 Å². The molecule has 1 N–H and O–H groups in total. The van der Waals surface area contributed by atoms with E-state index in [0.29, 0.717) is 12.1 Å². The molecule has 4 nitrogen and oxygen atoms in total. The molecule has 2 atom stereocenters. The Balaban J connectivity index is 2.02. The van der Waals surface area contributed by atoms with Crippen LogP contribution in [0.15, 0.2) is 24.3 Å². The van der Waals surface area contributed by atoms with E-state index in [9.17, 15) is 0 Å². The molecular formula is C14H22N4. The topological polar surface area (TPSA) is 42.7 Å². The highest BCUT2D eigenvalue weighted by Crippen LogP contribution is 2.14. The maximum Gasteiger partial charge on any atom is 0.113 e. The van der Waals surface area contributed by atoms with Gasteiger partial charge in [-0.05, 0) is 32.4 Å². The molecule has 1 aromatic heterocycles. The summed E-state index contributed by atoms with van der Waals surface area (Å²) in [5.41, 5.74) is 2.07. The summed E-state index contributed by atoms with van der Waals surface area (Å²) in [6.07, 6.45) is 2.43. The van der Waals surface area contributed by atoms with Crippen molar-refractivity contribution in [2.75, 3.05) is 6.54 Å². The van der Waals surface area contributed by atoms with Crippen molar-refractivity contribution in [2.24, 2.45) is 0 Å². The fourth-order valence-electron chi connectivity index (χ4n) is 2.21. The first-order chi connectivity index (χ1) is 8.72. The van der Waals surface area contributed by atoms with Gasteiger partial charge in [-0.1, -0.05) is 30.7 Å². The number of para-hydroxylation sites is 1. The highest BCUT2D eigenvalue weighted by molar-refractivity contribution is 5.73. The number of rotatable bonds is 6. The summed E-state index contributed by atoms with van der Waals surface area (Å²) in [6.45, 7) is 7.55. The minimum atomic E-state index is 0.316. The average molecular weight is 246 g/mol. The van der Waals surface area contributed by atoms with Gasteiger partial charge in [-0.2, -0.15) is 0 Å². The van der Waals surface area contributed by atoms with Gasteiger partial charge in [-0.3, -0.25) is 0 Å². The molecule has 0 aliphatic rings. The molecule has 0 radical (unpaired) electrons. The molecule has 0 saturated heterocycles. The molecule has 4 heteroatoms. The van der Waals surface area contributed by atoms with Crippen LogP contribution in [0.1, 0.15) is 39.7 Å². The van der Waals surface area contributed by atoms with E-state index < -0.39 is 0 Å². The first-order valence-electron chi connectivity index (χ1n) is 6.75. The van der Waals surface area contributed by atoms with E-state index in [-0.39, 0.29) is 0 Å². The highest BCUT2D eigenvalue weighted by Gasteiger charge is 2.11. The Labute approximate surface area is 108 Å². The number of hydrogen-bond donors (Lipinski definition) is 1. The molecule has 0 fully saturated rings. The largest absolute Gasteiger partial charge is 0.312 e. The quantitative estimate of drug-likeness (QED) is 0.852. The SMILES string of the molecule is CCCC(C)NCC(C)n1nnc2ccccc21. The van der Waals surface area contributed by atoms with E-state index in [2.05, 4.69) is 42.5 Å². The van der Waals surface area contributed by atoms with Crippen LogP contribution in [0.3, 0.4) is 0 Å². The van der Waals surface area contributed by atoms with Gasteiger partial charge in [-0.25, -0.2) is 4.68 Å². The number of hydrogen-bond acceptors (Lipinski definition) is 3. The maximum atomic E-state index is 4.25. The monoisotopic (exact) mass is 246 g/mol. The third-order valence-corrected chi connectivity index (χ3v) is 3.28. The molecule has 1 heterocycles. The van der Waals surface area contributed by atoms with E-state index in [4.69, 9.17) is 0 Å². The molecule has 2 aromatic rings. The van der Waals surface area contributed by atoms with Crippen molar-refractivity contribution >= 4 is 11.0 Å². The van der Waals surface area contributed by atoms with Crippen molar-refractivity contribution in [2.45, 2.75) is 45.7 Å². The van der Waals surface area contributed by atoms with Gasteiger partial charge < -0.3 is 5.32 Å². The number of aromatic nitrogens is 3.